The third-order valence-corrected chi connectivity index (χ3v) is 8.67. The van der Waals surface area contributed by atoms with Crippen molar-refractivity contribution in [2.45, 2.75) is 25.3 Å². The molecule has 2 fully saturated rings. The Hall–Kier alpha value is -3.03. The molecule has 0 radical (unpaired) electrons. The smallest absolute Gasteiger partial charge is 0.123 e. The molecule has 1 atom stereocenters. The summed E-state index contributed by atoms with van der Waals surface area (Å²) in [4.78, 5) is 7.83. The van der Waals surface area contributed by atoms with Crippen LogP contribution >= 0.6 is 11.6 Å². The third-order valence-electron chi connectivity index (χ3n) is 8.43. The number of piperazine rings is 1. The van der Waals surface area contributed by atoms with Crippen LogP contribution in [-0.4, -0.2) is 77.3 Å². The van der Waals surface area contributed by atoms with Gasteiger partial charge >= 0.3 is 0 Å². The van der Waals surface area contributed by atoms with Crippen molar-refractivity contribution in [2.75, 3.05) is 52.4 Å². The summed E-state index contributed by atoms with van der Waals surface area (Å²) in [6.45, 7) is 8.92. The molecular weight excluding hydrogens is 521 g/mol. The fraction of sp³-hybridized carbons (Fsp3) is 0.364. The van der Waals surface area contributed by atoms with Crippen LogP contribution in [0.2, 0.25) is 5.02 Å². The van der Waals surface area contributed by atoms with Gasteiger partial charge in [-0.15, -0.1) is 0 Å². The quantitative estimate of drug-likeness (QED) is 0.261. The Morgan fingerprint density at radius 3 is 2.08 bits per heavy atom. The van der Waals surface area contributed by atoms with E-state index in [4.69, 9.17) is 11.6 Å². The standard InChI is InChI=1S/C33H37ClFN5/c34-29-6-4-5-28(23-29)32-31(24-36-37-32)33(27-9-7-25(8-10-27)26-11-13-30(35)14-12-26)40-21-19-39(20-22-40)18-17-38-15-2-1-3-16-38/h4-14,23-24,33H,1-3,15-22H2,(H,36,37). The summed E-state index contributed by atoms with van der Waals surface area (Å²) in [5, 5.41) is 8.46. The molecule has 1 aromatic heterocycles. The lowest BCUT2D eigenvalue weighted by Gasteiger charge is -2.40. The number of rotatable bonds is 8. The average Bonchev–Trinajstić information content (AvgIpc) is 3.48. The van der Waals surface area contributed by atoms with Gasteiger partial charge in [0.15, 0.2) is 0 Å². The molecule has 4 aromatic rings. The Morgan fingerprint density at radius 2 is 1.40 bits per heavy atom. The van der Waals surface area contributed by atoms with E-state index in [0.29, 0.717) is 5.02 Å². The average molecular weight is 558 g/mol. The van der Waals surface area contributed by atoms with E-state index in [0.717, 1.165) is 60.7 Å². The van der Waals surface area contributed by atoms with Gasteiger partial charge in [-0.3, -0.25) is 14.9 Å². The van der Waals surface area contributed by atoms with E-state index in [9.17, 15) is 4.39 Å². The molecule has 3 aromatic carbocycles. The molecule has 0 amide bonds. The van der Waals surface area contributed by atoms with E-state index >= 15 is 0 Å². The zero-order chi connectivity index (χ0) is 27.3. The van der Waals surface area contributed by atoms with Crippen LogP contribution in [0.15, 0.2) is 79.0 Å². The second-order valence-electron chi connectivity index (χ2n) is 11.0. The van der Waals surface area contributed by atoms with Gasteiger partial charge in [-0.1, -0.05) is 66.6 Å². The van der Waals surface area contributed by atoms with Crippen LogP contribution in [0.3, 0.4) is 0 Å². The number of aromatic nitrogens is 2. The molecule has 7 heteroatoms. The molecule has 208 valence electrons. The fourth-order valence-corrected chi connectivity index (χ4v) is 6.37. The molecule has 1 N–H and O–H groups in total. The minimum Gasteiger partial charge on any atom is -0.302 e. The zero-order valence-corrected chi connectivity index (χ0v) is 23.7. The number of nitrogens with one attached hydrogen (secondary N) is 1. The highest BCUT2D eigenvalue weighted by atomic mass is 35.5. The Bertz CT molecular complexity index is 1370. The van der Waals surface area contributed by atoms with Crippen LogP contribution in [0.25, 0.3) is 22.4 Å². The molecule has 5 nitrogen and oxygen atoms in total. The first-order chi connectivity index (χ1) is 19.6. The molecule has 2 saturated heterocycles. The van der Waals surface area contributed by atoms with Crippen molar-refractivity contribution < 1.29 is 4.39 Å². The van der Waals surface area contributed by atoms with E-state index < -0.39 is 0 Å². The number of nitrogens with zero attached hydrogens (tertiary/aromatic N) is 4. The SMILES string of the molecule is Fc1ccc(-c2ccc(C(c3cn[nH]c3-c3cccc(Cl)c3)N3CCN(CCN4CCCCC4)CC3)cc2)cc1. The number of benzene rings is 3. The van der Waals surface area contributed by atoms with E-state index in [-0.39, 0.29) is 11.9 Å². The molecule has 0 saturated carbocycles. The van der Waals surface area contributed by atoms with Gasteiger partial charge in [0.25, 0.3) is 0 Å². The number of halogens is 2. The van der Waals surface area contributed by atoms with Crippen molar-refractivity contribution in [2.24, 2.45) is 0 Å². The second-order valence-corrected chi connectivity index (χ2v) is 11.5. The maximum absolute atomic E-state index is 13.5. The highest BCUT2D eigenvalue weighted by molar-refractivity contribution is 6.30. The molecule has 0 spiro atoms. The zero-order valence-electron chi connectivity index (χ0n) is 22.9. The van der Waals surface area contributed by atoms with Gasteiger partial charge in [-0.05, 0) is 66.9 Å². The van der Waals surface area contributed by atoms with Crippen LogP contribution in [0.1, 0.15) is 36.4 Å². The van der Waals surface area contributed by atoms with Gasteiger partial charge in [-0.2, -0.15) is 5.10 Å². The molecule has 2 aliphatic heterocycles. The second kappa shape index (κ2) is 12.6. The van der Waals surface area contributed by atoms with Crippen LogP contribution in [-0.2, 0) is 0 Å². The minimum atomic E-state index is -0.219. The maximum atomic E-state index is 13.5. The highest BCUT2D eigenvalue weighted by Crippen LogP contribution is 2.36. The lowest BCUT2D eigenvalue weighted by Crippen LogP contribution is -2.49. The molecular formula is C33H37ClFN5. The molecule has 2 aliphatic rings. The molecule has 3 heterocycles. The van der Waals surface area contributed by atoms with E-state index in [1.165, 1.54) is 56.6 Å². The monoisotopic (exact) mass is 557 g/mol. The number of piperidine rings is 1. The Balaban J connectivity index is 1.25. The third kappa shape index (κ3) is 6.31. The van der Waals surface area contributed by atoms with Crippen molar-refractivity contribution >= 4 is 11.6 Å². The first-order valence-corrected chi connectivity index (χ1v) is 14.9. The van der Waals surface area contributed by atoms with Crippen LogP contribution < -0.4 is 0 Å². The Morgan fingerprint density at radius 1 is 0.750 bits per heavy atom. The first kappa shape index (κ1) is 27.2. The van der Waals surface area contributed by atoms with E-state index in [1.54, 1.807) is 0 Å². The summed E-state index contributed by atoms with van der Waals surface area (Å²) < 4.78 is 13.5. The van der Waals surface area contributed by atoms with Crippen molar-refractivity contribution in [3.05, 3.63) is 101 Å². The van der Waals surface area contributed by atoms with Gasteiger partial charge in [0.1, 0.15) is 5.82 Å². The molecule has 6 rings (SSSR count). The largest absolute Gasteiger partial charge is 0.302 e. The number of hydrogen-bond donors (Lipinski definition) is 1. The van der Waals surface area contributed by atoms with Gasteiger partial charge in [-0.25, -0.2) is 4.39 Å². The lowest BCUT2D eigenvalue weighted by molar-refractivity contribution is 0.0963. The number of H-pyrrole nitrogens is 1. The summed E-state index contributed by atoms with van der Waals surface area (Å²) in [6.07, 6.45) is 6.04. The molecule has 0 aliphatic carbocycles. The lowest BCUT2D eigenvalue weighted by atomic mass is 9.93. The number of hydrogen-bond acceptors (Lipinski definition) is 4. The number of likely N-dealkylation sites (tertiary alicyclic amines) is 1. The summed E-state index contributed by atoms with van der Waals surface area (Å²) >= 11 is 6.37. The van der Waals surface area contributed by atoms with Crippen LogP contribution in [0.4, 0.5) is 4.39 Å². The topological polar surface area (TPSA) is 38.4 Å². The Labute approximate surface area is 241 Å². The van der Waals surface area contributed by atoms with E-state index in [2.05, 4.69) is 55.2 Å². The summed E-state index contributed by atoms with van der Waals surface area (Å²) in [7, 11) is 0. The van der Waals surface area contributed by atoms with E-state index in [1.807, 2.05) is 36.5 Å². The normalized spacial score (nSPS) is 18.1. The van der Waals surface area contributed by atoms with Crippen LogP contribution in [0, 0.1) is 5.82 Å². The summed E-state index contributed by atoms with van der Waals surface area (Å²) in [5.41, 5.74) is 6.49. The Kier molecular flexibility index (Phi) is 8.59. The predicted octanol–water partition coefficient (Wildman–Crippen LogP) is 6.73. The molecule has 1 unspecified atom stereocenters. The summed E-state index contributed by atoms with van der Waals surface area (Å²) in [6, 6.07) is 23.4. The van der Waals surface area contributed by atoms with Crippen molar-refractivity contribution in [3.8, 4) is 22.4 Å². The van der Waals surface area contributed by atoms with Crippen LogP contribution in [0.5, 0.6) is 0 Å². The number of aromatic amines is 1. The van der Waals surface area contributed by atoms with Gasteiger partial charge in [0.05, 0.1) is 17.9 Å². The highest BCUT2D eigenvalue weighted by Gasteiger charge is 2.29. The van der Waals surface area contributed by atoms with Crippen molar-refractivity contribution in [3.63, 3.8) is 0 Å². The maximum Gasteiger partial charge on any atom is 0.123 e. The van der Waals surface area contributed by atoms with Gasteiger partial charge in [0.2, 0.25) is 0 Å². The van der Waals surface area contributed by atoms with Crippen molar-refractivity contribution in [1.29, 1.82) is 0 Å². The molecule has 40 heavy (non-hydrogen) atoms. The van der Waals surface area contributed by atoms with Gasteiger partial charge < -0.3 is 4.90 Å². The first-order valence-electron chi connectivity index (χ1n) is 14.5. The molecule has 0 bridgehead atoms. The predicted molar refractivity (Wildman–Crippen MR) is 161 cm³/mol. The summed E-state index contributed by atoms with van der Waals surface area (Å²) in [5.74, 6) is -0.219. The van der Waals surface area contributed by atoms with Gasteiger partial charge in [0, 0.05) is 55.4 Å². The fourth-order valence-electron chi connectivity index (χ4n) is 6.18. The van der Waals surface area contributed by atoms with Crippen molar-refractivity contribution in [1.82, 2.24) is 24.9 Å². The minimum absolute atomic E-state index is 0.0549.